The highest BCUT2D eigenvalue weighted by Crippen LogP contribution is 2.15. The van der Waals surface area contributed by atoms with E-state index in [0.29, 0.717) is 17.9 Å². The molecule has 1 fully saturated rings. The maximum atomic E-state index is 12.0. The van der Waals surface area contributed by atoms with E-state index < -0.39 is 0 Å². The van der Waals surface area contributed by atoms with Crippen LogP contribution in [0.15, 0.2) is 24.3 Å². The number of rotatable bonds is 2. The first-order valence-corrected chi connectivity index (χ1v) is 5.94. The summed E-state index contributed by atoms with van der Waals surface area (Å²) < 4.78 is 5.44. The van der Waals surface area contributed by atoms with Crippen LogP contribution >= 0.6 is 12.4 Å². The normalized spacial score (nSPS) is 22.9. The molecule has 1 aliphatic rings. The van der Waals surface area contributed by atoms with E-state index in [1.807, 2.05) is 19.1 Å². The van der Waals surface area contributed by atoms with Gasteiger partial charge in [0.15, 0.2) is 0 Å². The lowest BCUT2D eigenvalue weighted by atomic mass is 10.0. The van der Waals surface area contributed by atoms with Crippen LogP contribution in [0.1, 0.15) is 30.1 Å². The number of ether oxygens (including phenoxy) is 1. The number of nitrogens with one attached hydrogen (secondary N) is 1. The molecule has 100 valence electrons. The van der Waals surface area contributed by atoms with Crippen molar-refractivity contribution in [1.82, 2.24) is 5.32 Å². The van der Waals surface area contributed by atoms with Crippen LogP contribution in [0.3, 0.4) is 0 Å². The number of para-hydroxylation sites is 1. The molecule has 2 unspecified atom stereocenters. The van der Waals surface area contributed by atoms with E-state index in [1.54, 1.807) is 12.1 Å². The molecule has 1 saturated heterocycles. The molecule has 0 aromatic heterocycles. The van der Waals surface area contributed by atoms with Crippen LogP contribution in [0, 0.1) is 0 Å². The number of anilines is 1. The Morgan fingerprint density at radius 2 is 2.17 bits per heavy atom. The van der Waals surface area contributed by atoms with Crippen molar-refractivity contribution in [3.8, 4) is 0 Å². The second-order valence-corrected chi connectivity index (χ2v) is 4.46. The van der Waals surface area contributed by atoms with E-state index in [4.69, 9.17) is 10.5 Å². The van der Waals surface area contributed by atoms with Crippen LogP contribution in [-0.2, 0) is 4.74 Å². The van der Waals surface area contributed by atoms with Crippen molar-refractivity contribution < 1.29 is 9.53 Å². The molecule has 1 aromatic rings. The van der Waals surface area contributed by atoms with Crippen molar-refractivity contribution in [2.24, 2.45) is 0 Å². The molecule has 2 rings (SSSR count). The number of nitrogens with two attached hydrogens (primary N) is 1. The topological polar surface area (TPSA) is 64.4 Å². The molecule has 0 spiro atoms. The Morgan fingerprint density at radius 3 is 2.83 bits per heavy atom. The zero-order chi connectivity index (χ0) is 12.3. The first-order chi connectivity index (χ1) is 8.16. The molecule has 0 radical (unpaired) electrons. The van der Waals surface area contributed by atoms with Gasteiger partial charge in [-0.2, -0.15) is 0 Å². The van der Waals surface area contributed by atoms with E-state index >= 15 is 0 Å². The molecular formula is C13H19ClN2O2. The minimum absolute atomic E-state index is 0. The Balaban J connectivity index is 0.00000162. The highest BCUT2D eigenvalue weighted by atomic mass is 35.5. The number of carbonyl (C=O) groups excluding carboxylic acids is 1. The van der Waals surface area contributed by atoms with Gasteiger partial charge in [-0.25, -0.2) is 0 Å². The molecule has 5 heteroatoms. The average molecular weight is 271 g/mol. The molecule has 1 aliphatic heterocycles. The quantitative estimate of drug-likeness (QED) is 0.808. The van der Waals surface area contributed by atoms with E-state index in [2.05, 4.69) is 5.32 Å². The third-order valence-electron chi connectivity index (χ3n) is 3.03. The number of hydrogen-bond donors (Lipinski definition) is 2. The Kier molecular flexibility index (Phi) is 5.44. The summed E-state index contributed by atoms with van der Waals surface area (Å²) in [5, 5.41) is 3.01. The lowest BCUT2D eigenvalue weighted by Crippen LogP contribution is -2.41. The number of nitrogen functional groups attached to an aromatic ring is 1. The van der Waals surface area contributed by atoms with Crippen LogP contribution in [-0.4, -0.2) is 24.7 Å². The number of carbonyl (C=O) groups is 1. The lowest BCUT2D eigenvalue weighted by Gasteiger charge is -2.28. The van der Waals surface area contributed by atoms with Crippen molar-refractivity contribution in [3.63, 3.8) is 0 Å². The van der Waals surface area contributed by atoms with E-state index in [-0.39, 0.29) is 30.5 Å². The number of amides is 1. The van der Waals surface area contributed by atoms with Crippen molar-refractivity contribution in [2.45, 2.75) is 31.9 Å². The molecule has 1 aromatic carbocycles. The van der Waals surface area contributed by atoms with E-state index in [9.17, 15) is 4.79 Å². The smallest absolute Gasteiger partial charge is 0.253 e. The maximum Gasteiger partial charge on any atom is 0.253 e. The maximum absolute atomic E-state index is 12.0. The van der Waals surface area contributed by atoms with E-state index in [1.165, 1.54) is 0 Å². The Labute approximate surface area is 113 Å². The SMILES string of the molecule is CC1CC(NC(=O)c2ccccc2N)CCO1.Cl. The zero-order valence-electron chi connectivity index (χ0n) is 10.4. The van der Waals surface area contributed by atoms with Crippen LogP contribution < -0.4 is 11.1 Å². The van der Waals surface area contributed by atoms with Gasteiger partial charge >= 0.3 is 0 Å². The number of hydrogen-bond acceptors (Lipinski definition) is 3. The highest BCUT2D eigenvalue weighted by Gasteiger charge is 2.21. The van der Waals surface area contributed by atoms with Gasteiger partial charge in [0.1, 0.15) is 0 Å². The summed E-state index contributed by atoms with van der Waals surface area (Å²) in [6.45, 7) is 2.73. The highest BCUT2D eigenvalue weighted by molar-refractivity contribution is 5.99. The summed E-state index contributed by atoms with van der Waals surface area (Å²) in [6, 6.07) is 7.31. The summed E-state index contributed by atoms with van der Waals surface area (Å²) in [4.78, 5) is 12.0. The van der Waals surface area contributed by atoms with E-state index in [0.717, 1.165) is 12.8 Å². The number of halogens is 1. The van der Waals surface area contributed by atoms with Crippen LogP contribution in [0.25, 0.3) is 0 Å². The predicted molar refractivity (Wildman–Crippen MR) is 74.0 cm³/mol. The molecule has 0 saturated carbocycles. The standard InChI is InChI=1S/C13H18N2O2.ClH/c1-9-8-10(6-7-17-9)15-13(16)11-4-2-3-5-12(11)14;/h2-5,9-10H,6-8,14H2,1H3,(H,15,16);1H. The summed E-state index contributed by atoms with van der Waals surface area (Å²) in [7, 11) is 0. The molecule has 1 heterocycles. The molecule has 0 aliphatic carbocycles. The van der Waals surface area contributed by atoms with Crippen molar-refractivity contribution in [2.75, 3.05) is 12.3 Å². The summed E-state index contributed by atoms with van der Waals surface area (Å²) in [5.74, 6) is -0.0952. The van der Waals surface area contributed by atoms with Gasteiger partial charge in [0.25, 0.3) is 5.91 Å². The molecule has 1 amide bonds. The Morgan fingerprint density at radius 1 is 1.44 bits per heavy atom. The van der Waals surface area contributed by atoms with Crippen LogP contribution in [0.4, 0.5) is 5.69 Å². The molecule has 0 bridgehead atoms. The first kappa shape index (κ1) is 14.8. The summed E-state index contributed by atoms with van der Waals surface area (Å²) in [5.41, 5.74) is 6.83. The molecule has 2 atom stereocenters. The van der Waals surface area contributed by atoms with Gasteiger partial charge in [0.05, 0.1) is 11.7 Å². The average Bonchev–Trinajstić information content (AvgIpc) is 2.29. The summed E-state index contributed by atoms with van der Waals surface area (Å²) >= 11 is 0. The fraction of sp³-hybridized carbons (Fsp3) is 0.462. The third-order valence-corrected chi connectivity index (χ3v) is 3.03. The largest absolute Gasteiger partial charge is 0.398 e. The molecule has 4 nitrogen and oxygen atoms in total. The van der Waals surface area contributed by atoms with Gasteiger partial charge in [-0.1, -0.05) is 12.1 Å². The number of benzene rings is 1. The monoisotopic (exact) mass is 270 g/mol. The van der Waals surface area contributed by atoms with Crippen molar-refractivity contribution in [1.29, 1.82) is 0 Å². The second-order valence-electron chi connectivity index (χ2n) is 4.46. The zero-order valence-corrected chi connectivity index (χ0v) is 11.2. The molecular weight excluding hydrogens is 252 g/mol. The lowest BCUT2D eigenvalue weighted by molar-refractivity contribution is 0.0137. The fourth-order valence-electron chi connectivity index (χ4n) is 2.10. The van der Waals surface area contributed by atoms with Crippen molar-refractivity contribution >= 4 is 24.0 Å². The van der Waals surface area contributed by atoms with Gasteiger partial charge in [-0.05, 0) is 31.9 Å². The minimum Gasteiger partial charge on any atom is -0.398 e. The van der Waals surface area contributed by atoms with Gasteiger partial charge in [-0.3, -0.25) is 4.79 Å². The van der Waals surface area contributed by atoms with Gasteiger partial charge in [-0.15, -0.1) is 12.4 Å². The Hall–Kier alpha value is -1.26. The predicted octanol–water partition coefficient (Wildman–Crippen LogP) is 1.99. The molecule has 3 N–H and O–H groups in total. The minimum atomic E-state index is -0.0952. The van der Waals surface area contributed by atoms with Crippen molar-refractivity contribution in [3.05, 3.63) is 29.8 Å². The van der Waals surface area contributed by atoms with Gasteiger partial charge in [0, 0.05) is 18.3 Å². The molecule has 18 heavy (non-hydrogen) atoms. The summed E-state index contributed by atoms with van der Waals surface area (Å²) in [6.07, 6.45) is 1.93. The van der Waals surface area contributed by atoms with Crippen LogP contribution in [0.5, 0.6) is 0 Å². The second kappa shape index (κ2) is 6.61. The third kappa shape index (κ3) is 3.62. The van der Waals surface area contributed by atoms with Gasteiger partial charge in [0.2, 0.25) is 0 Å². The first-order valence-electron chi connectivity index (χ1n) is 5.94. The van der Waals surface area contributed by atoms with Gasteiger partial charge < -0.3 is 15.8 Å². The van der Waals surface area contributed by atoms with Crippen LogP contribution in [0.2, 0.25) is 0 Å². The fourth-order valence-corrected chi connectivity index (χ4v) is 2.10. The Bertz CT molecular complexity index is 412.